The minimum atomic E-state index is -0.154. The quantitative estimate of drug-likeness (QED) is 0.844. The molecule has 3 rings (SSSR count). The lowest BCUT2D eigenvalue weighted by Gasteiger charge is -2.25. The molecule has 0 aliphatic carbocycles. The monoisotopic (exact) mass is 359 g/mol. The molecule has 0 atom stereocenters. The van der Waals surface area contributed by atoms with Crippen LogP contribution in [0.2, 0.25) is 5.02 Å². The molecule has 2 aromatic rings. The Morgan fingerprint density at radius 1 is 1.12 bits per heavy atom. The molecule has 0 saturated heterocycles. The summed E-state index contributed by atoms with van der Waals surface area (Å²) < 4.78 is 10.7. The van der Waals surface area contributed by atoms with Gasteiger partial charge in [-0.15, -0.1) is 0 Å². The van der Waals surface area contributed by atoms with E-state index in [-0.39, 0.29) is 18.1 Å². The third-order valence-corrected chi connectivity index (χ3v) is 4.68. The molecule has 1 aliphatic heterocycles. The molecule has 5 heteroatoms. The summed E-state index contributed by atoms with van der Waals surface area (Å²) in [5, 5.41) is 3.75. The van der Waals surface area contributed by atoms with E-state index in [2.05, 4.69) is 19.2 Å². The predicted octanol–water partition coefficient (Wildman–Crippen LogP) is 4.10. The molecule has 1 amide bonds. The van der Waals surface area contributed by atoms with Gasteiger partial charge in [0.05, 0.1) is 0 Å². The summed E-state index contributed by atoms with van der Waals surface area (Å²) in [5.74, 6) is 1.56. The van der Waals surface area contributed by atoms with Crippen LogP contribution in [0.25, 0.3) is 0 Å². The second kappa shape index (κ2) is 7.36. The normalized spacial score (nSPS) is 12.9. The van der Waals surface area contributed by atoms with Gasteiger partial charge in [-0.1, -0.05) is 43.6 Å². The minimum absolute atomic E-state index is 0.0414. The average molecular weight is 360 g/mol. The Balaban J connectivity index is 1.50. The van der Waals surface area contributed by atoms with Crippen LogP contribution in [0.15, 0.2) is 42.5 Å². The van der Waals surface area contributed by atoms with Gasteiger partial charge in [0.25, 0.3) is 0 Å². The standard InChI is InChI=1S/C20H22ClNO3/c1-20(2,15-5-7-16(21)8-6-15)12-22-19(23)10-4-14-3-9-17-18(11-14)25-13-24-17/h3,5-9,11H,4,10,12-13H2,1-2H3,(H,22,23). The molecular weight excluding hydrogens is 338 g/mol. The van der Waals surface area contributed by atoms with Crippen LogP contribution in [-0.2, 0) is 16.6 Å². The number of benzene rings is 2. The highest BCUT2D eigenvalue weighted by Crippen LogP contribution is 2.32. The fourth-order valence-electron chi connectivity index (χ4n) is 2.77. The lowest BCUT2D eigenvalue weighted by atomic mass is 9.84. The molecular formula is C20H22ClNO3. The smallest absolute Gasteiger partial charge is 0.231 e. The van der Waals surface area contributed by atoms with Gasteiger partial charge in [-0.25, -0.2) is 0 Å². The first-order valence-corrected chi connectivity index (χ1v) is 8.73. The van der Waals surface area contributed by atoms with Crippen molar-refractivity contribution in [2.75, 3.05) is 13.3 Å². The molecule has 1 heterocycles. The van der Waals surface area contributed by atoms with Crippen molar-refractivity contribution in [2.24, 2.45) is 0 Å². The van der Waals surface area contributed by atoms with Crippen molar-refractivity contribution in [3.63, 3.8) is 0 Å². The molecule has 25 heavy (non-hydrogen) atoms. The van der Waals surface area contributed by atoms with Crippen molar-refractivity contribution in [1.29, 1.82) is 0 Å². The summed E-state index contributed by atoms with van der Waals surface area (Å²) >= 11 is 5.94. The molecule has 0 saturated carbocycles. The fraction of sp³-hybridized carbons (Fsp3) is 0.350. The summed E-state index contributed by atoms with van der Waals surface area (Å²) in [7, 11) is 0. The number of aryl methyl sites for hydroxylation is 1. The van der Waals surface area contributed by atoms with Crippen molar-refractivity contribution >= 4 is 17.5 Å². The number of ether oxygens (including phenoxy) is 2. The summed E-state index contributed by atoms with van der Waals surface area (Å²) in [6, 6.07) is 13.5. The zero-order chi connectivity index (χ0) is 17.9. The maximum absolute atomic E-state index is 12.2. The Bertz CT molecular complexity index is 756. The lowest BCUT2D eigenvalue weighted by molar-refractivity contribution is -0.121. The van der Waals surface area contributed by atoms with Crippen molar-refractivity contribution in [3.8, 4) is 11.5 Å². The Hall–Kier alpha value is -2.20. The van der Waals surface area contributed by atoms with Crippen LogP contribution in [0.4, 0.5) is 0 Å². The predicted molar refractivity (Wildman–Crippen MR) is 98.4 cm³/mol. The first-order chi connectivity index (χ1) is 11.9. The first kappa shape index (κ1) is 17.6. The number of hydrogen-bond acceptors (Lipinski definition) is 3. The van der Waals surface area contributed by atoms with Crippen LogP contribution in [0.3, 0.4) is 0 Å². The Morgan fingerprint density at radius 3 is 2.60 bits per heavy atom. The third kappa shape index (κ3) is 4.45. The first-order valence-electron chi connectivity index (χ1n) is 8.35. The maximum atomic E-state index is 12.2. The zero-order valence-electron chi connectivity index (χ0n) is 14.5. The molecule has 0 fully saturated rings. The second-order valence-corrected chi connectivity index (χ2v) is 7.29. The Labute approximate surface area is 153 Å². The van der Waals surface area contributed by atoms with Gasteiger partial charge in [0, 0.05) is 23.4 Å². The summed E-state index contributed by atoms with van der Waals surface area (Å²) in [6.45, 7) is 5.05. The average Bonchev–Trinajstić information content (AvgIpc) is 3.06. The molecule has 4 nitrogen and oxygen atoms in total. The number of amides is 1. The number of fused-ring (bicyclic) bond motifs is 1. The van der Waals surface area contributed by atoms with Crippen LogP contribution < -0.4 is 14.8 Å². The molecule has 0 unspecified atom stereocenters. The molecule has 132 valence electrons. The van der Waals surface area contributed by atoms with Crippen molar-refractivity contribution in [1.82, 2.24) is 5.32 Å². The van der Waals surface area contributed by atoms with Crippen LogP contribution >= 0.6 is 11.6 Å². The molecule has 0 radical (unpaired) electrons. The fourth-order valence-corrected chi connectivity index (χ4v) is 2.89. The van der Waals surface area contributed by atoms with E-state index in [0.29, 0.717) is 24.4 Å². The van der Waals surface area contributed by atoms with Crippen molar-refractivity contribution in [2.45, 2.75) is 32.1 Å². The van der Waals surface area contributed by atoms with Gasteiger partial charge in [-0.2, -0.15) is 0 Å². The van der Waals surface area contributed by atoms with E-state index in [1.54, 1.807) is 0 Å². The number of hydrogen-bond donors (Lipinski definition) is 1. The second-order valence-electron chi connectivity index (χ2n) is 6.86. The number of carbonyl (C=O) groups excluding carboxylic acids is 1. The molecule has 0 aromatic heterocycles. The van der Waals surface area contributed by atoms with Crippen LogP contribution in [-0.4, -0.2) is 19.2 Å². The van der Waals surface area contributed by atoms with Crippen molar-refractivity contribution in [3.05, 3.63) is 58.6 Å². The van der Waals surface area contributed by atoms with Gasteiger partial charge in [0.1, 0.15) is 0 Å². The van der Waals surface area contributed by atoms with E-state index in [1.165, 1.54) is 0 Å². The summed E-state index contributed by atoms with van der Waals surface area (Å²) in [5.41, 5.74) is 2.06. The van der Waals surface area contributed by atoms with E-state index >= 15 is 0 Å². The molecule has 0 bridgehead atoms. The van der Waals surface area contributed by atoms with Crippen LogP contribution in [0.1, 0.15) is 31.4 Å². The summed E-state index contributed by atoms with van der Waals surface area (Å²) in [6.07, 6.45) is 1.11. The van der Waals surface area contributed by atoms with E-state index in [9.17, 15) is 4.79 Å². The van der Waals surface area contributed by atoms with Gasteiger partial charge < -0.3 is 14.8 Å². The Morgan fingerprint density at radius 2 is 1.84 bits per heavy atom. The maximum Gasteiger partial charge on any atom is 0.231 e. The molecule has 1 aliphatic rings. The van der Waals surface area contributed by atoms with E-state index < -0.39 is 0 Å². The zero-order valence-corrected chi connectivity index (χ0v) is 15.2. The number of rotatable bonds is 6. The van der Waals surface area contributed by atoms with Gasteiger partial charge in [-0.05, 0) is 41.8 Å². The Kier molecular flexibility index (Phi) is 5.19. The highest BCUT2D eigenvalue weighted by atomic mass is 35.5. The number of halogens is 1. The molecule has 1 N–H and O–H groups in total. The SMILES string of the molecule is CC(C)(CNC(=O)CCc1ccc2c(c1)OCO2)c1ccc(Cl)cc1. The van der Waals surface area contributed by atoms with Crippen LogP contribution in [0, 0.1) is 0 Å². The highest BCUT2D eigenvalue weighted by Gasteiger charge is 2.21. The number of nitrogens with one attached hydrogen (secondary N) is 1. The van der Waals surface area contributed by atoms with Gasteiger partial charge in [0.15, 0.2) is 11.5 Å². The van der Waals surface area contributed by atoms with E-state index in [4.69, 9.17) is 21.1 Å². The molecule has 0 spiro atoms. The van der Waals surface area contributed by atoms with Crippen LogP contribution in [0.5, 0.6) is 11.5 Å². The largest absolute Gasteiger partial charge is 0.454 e. The van der Waals surface area contributed by atoms with Gasteiger partial charge in [-0.3, -0.25) is 4.79 Å². The molecule has 2 aromatic carbocycles. The van der Waals surface area contributed by atoms with E-state index in [0.717, 1.165) is 22.6 Å². The summed E-state index contributed by atoms with van der Waals surface area (Å²) in [4.78, 5) is 12.2. The lowest BCUT2D eigenvalue weighted by Crippen LogP contribution is -2.36. The number of carbonyl (C=O) groups is 1. The van der Waals surface area contributed by atoms with Crippen molar-refractivity contribution < 1.29 is 14.3 Å². The topological polar surface area (TPSA) is 47.6 Å². The van der Waals surface area contributed by atoms with E-state index in [1.807, 2.05) is 42.5 Å². The third-order valence-electron chi connectivity index (χ3n) is 4.43. The van der Waals surface area contributed by atoms with Gasteiger partial charge >= 0.3 is 0 Å². The van der Waals surface area contributed by atoms with Gasteiger partial charge in [0.2, 0.25) is 12.7 Å². The highest BCUT2D eigenvalue weighted by molar-refractivity contribution is 6.30. The minimum Gasteiger partial charge on any atom is -0.454 e.